The van der Waals surface area contributed by atoms with E-state index < -0.39 is 0 Å². The summed E-state index contributed by atoms with van der Waals surface area (Å²) in [5, 5.41) is 3.10. The summed E-state index contributed by atoms with van der Waals surface area (Å²) < 4.78 is 0. The van der Waals surface area contributed by atoms with Gasteiger partial charge in [-0.25, -0.2) is 0 Å². The van der Waals surface area contributed by atoms with Crippen LogP contribution in [0, 0.1) is 12.3 Å². The number of rotatable bonds is 3. The van der Waals surface area contributed by atoms with Crippen molar-refractivity contribution >= 4 is 0 Å². The fourth-order valence-corrected chi connectivity index (χ4v) is 0.444. The van der Waals surface area contributed by atoms with Crippen LogP contribution in [0.5, 0.6) is 0 Å². The predicted octanol–water partition coefficient (Wildman–Crippen LogP) is 1.01. The molecule has 0 aliphatic carbocycles. The Morgan fingerprint density at radius 3 is 2.75 bits per heavy atom. The molecular formula is C7H13N. The van der Waals surface area contributed by atoms with Crippen LogP contribution in [0.2, 0.25) is 0 Å². The Hall–Kier alpha value is -0.480. The maximum absolute atomic E-state index is 5.05. The topological polar surface area (TPSA) is 12.0 Å². The van der Waals surface area contributed by atoms with Crippen molar-refractivity contribution in [2.24, 2.45) is 0 Å². The summed E-state index contributed by atoms with van der Waals surface area (Å²) in [5.41, 5.74) is 0. The van der Waals surface area contributed by atoms with Crippen LogP contribution in [0.3, 0.4) is 0 Å². The highest BCUT2D eigenvalue weighted by Gasteiger charge is 1.92. The van der Waals surface area contributed by atoms with Gasteiger partial charge in [0.15, 0.2) is 0 Å². The smallest absolute Gasteiger partial charge is 0.0101 e. The Morgan fingerprint density at radius 2 is 2.38 bits per heavy atom. The van der Waals surface area contributed by atoms with Crippen LogP contribution in [0.15, 0.2) is 0 Å². The minimum atomic E-state index is 0.561. The molecule has 0 aliphatic rings. The normalized spacial score (nSPS) is 12.6. The van der Waals surface area contributed by atoms with Crippen LogP contribution in [0.25, 0.3) is 0 Å². The maximum atomic E-state index is 5.05. The maximum Gasteiger partial charge on any atom is 0.0101 e. The van der Waals surface area contributed by atoms with E-state index in [9.17, 15) is 0 Å². The highest BCUT2D eigenvalue weighted by molar-refractivity contribution is 4.84. The van der Waals surface area contributed by atoms with Crippen LogP contribution in [0.4, 0.5) is 0 Å². The van der Waals surface area contributed by atoms with Gasteiger partial charge in [0.2, 0.25) is 0 Å². The van der Waals surface area contributed by atoms with Gasteiger partial charge in [-0.1, -0.05) is 0 Å². The van der Waals surface area contributed by atoms with Crippen molar-refractivity contribution in [3.8, 4) is 12.3 Å². The molecule has 0 spiro atoms. The van der Waals surface area contributed by atoms with E-state index in [1.165, 1.54) is 0 Å². The second-order valence-corrected chi connectivity index (χ2v) is 1.93. The number of hydrogen-bond donors (Lipinski definition) is 1. The first kappa shape index (κ1) is 7.52. The molecule has 1 unspecified atom stereocenters. The molecule has 0 saturated carbocycles. The zero-order valence-electron chi connectivity index (χ0n) is 5.57. The summed E-state index contributed by atoms with van der Waals surface area (Å²) >= 11 is 0. The molecule has 0 rings (SSSR count). The first-order valence-electron chi connectivity index (χ1n) is 2.92. The third-order valence-corrected chi connectivity index (χ3v) is 1.21. The molecule has 0 amide bonds. The fraction of sp³-hybridized carbons (Fsp3) is 0.714. The second kappa shape index (κ2) is 4.67. The first-order chi connectivity index (χ1) is 3.81. The molecule has 0 aliphatic heterocycles. The van der Waals surface area contributed by atoms with E-state index in [0.29, 0.717) is 6.04 Å². The molecular weight excluding hydrogens is 98.1 g/mol. The van der Waals surface area contributed by atoms with E-state index in [1.54, 1.807) is 0 Å². The van der Waals surface area contributed by atoms with Crippen LogP contribution >= 0.6 is 0 Å². The molecule has 46 valence electrons. The highest BCUT2D eigenvalue weighted by atomic mass is 14.8. The lowest BCUT2D eigenvalue weighted by atomic mass is 10.2. The summed E-state index contributed by atoms with van der Waals surface area (Å²) in [6.45, 7) is 2.12. The minimum Gasteiger partial charge on any atom is -0.317 e. The zero-order valence-corrected chi connectivity index (χ0v) is 5.57. The molecule has 0 radical (unpaired) electrons. The van der Waals surface area contributed by atoms with E-state index in [4.69, 9.17) is 6.42 Å². The Balaban J connectivity index is 3.01. The minimum absolute atomic E-state index is 0.561. The average molecular weight is 111 g/mol. The Kier molecular flexibility index (Phi) is 4.39. The standard InChI is InChI=1S/C7H13N/c1-4-5-6-7(2)8-3/h1,7-8H,5-6H2,2-3H3. The van der Waals surface area contributed by atoms with Gasteiger partial charge in [-0.2, -0.15) is 0 Å². The van der Waals surface area contributed by atoms with Gasteiger partial charge in [-0.3, -0.25) is 0 Å². The molecule has 0 bridgehead atoms. The molecule has 8 heavy (non-hydrogen) atoms. The van der Waals surface area contributed by atoms with E-state index in [2.05, 4.69) is 18.2 Å². The van der Waals surface area contributed by atoms with Gasteiger partial charge in [-0.05, 0) is 20.4 Å². The molecule has 1 atom stereocenters. The van der Waals surface area contributed by atoms with Crippen LogP contribution in [0.1, 0.15) is 19.8 Å². The van der Waals surface area contributed by atoms with Crippen molar-refractivity contribution in [1.29, 1.82) is 0 Å². The van der Waals surface area contributed by atoms with Crippen molar-refractivity contribution in [3.05, 3.63) is 0 Å². The Bertz CT molecular complexity index is 80.9. The Morgan fingerprint density at radius 1 is 1.75 bits per heavy atom. The van der Waals surface area contributed by atoms with Crippen molar-refractivity contribution in [3.63, 3.8) is 0 Å². The van der Waals surface area contributed by atoms with Crippen LogP contribution < -0.4 is 5.32 Å². The molecule has 1 nitrogen and oxygen atoms in total. The molecule has 0 aromatic carbocycles. The van der Waals surface area contributed by atoms with Crippen LogP contribution in [-0.2, 0) is 0 Å². The van der Waals surface area contributed by atoms with Gasteiger partial charge >= 0.3 is 0 Å². The molecule has 0 heterocycles. The third-order valence-electron chi connectivity index (χ3n) is 1.21. The van der Waals surface area contributed by atoms with Gasteiger partial charge in [-0.15, -0.1) is 12.3 Å². The molecule has 1 N–H and O–H groups in total. The molecule has 0 fully saturated rings. The number of terminal acetylenes is 1. The third kappa shape index (κ3) is 3.70. The van der Waals surface area contributed by atoms with Crippen molar-refractivity contribution in [1.82, 2.24) is 5.32 Å². The second-order valence-electron chi connectivity index (χ2n) is 1.93. The largest absolute Gasteiger partial charge is 0.317 e. The molecule has 1 heteroatoms. The summed E-state index contributed by atoms with van der Waals surface area (Å²) in [7, 11) is 1.95. The van der Waals surface area contributed by atoms with Gasteiger partial charge < -0.3 is 5.32 Å². The lowest BCUT2D eigenvalue weighted by Crippen LogP contribution is -2.20. The lowest BCUT2D eigenvalue weighted by molar-refractivity contribution is 0.575. The first-order valence-corrected chi connectivity index (χ1v) is 2.92. The van der Waals surface area contributed by atoms with Gasteiger partial charge in [0.25, 0.3) is 0 Å². The van der Waals surface area contributed by atoms with E-state index >= 15 is 0 Å². The van der Waals surface area contributed by atoms with Crippen LogP contribution in [-0.4, -0.2) is 13.1 Å². The SMILES string of the molecule is C#CCCC(C)NC. The fourth-order valence-electron chi connectivity index (χ4n) is 0.444. The van der Waals surface area contributed by atoms with Crippen molar-refractivity contribution in [2.45, 2.75) is 25.8 Å². The predicted molar refractivity (Wildman–Crippen MR) is 36.6 cm³/mol. The number of hydrogen-bond acceptors (Lipinski definition) is 1. The monoisotopic (exact) mass is 111 g/mol. The van der Waals surface area contributed by atoms with Crippen molar-refractivity contribution < 1.29 is 0 Å². The zero-order chi connectivity index (χ0) is 6.41. The van der Waals surface area contributed by atoms with Gasteiger partial charge in [0, 0.05) is 12.5 Å². The van der Waals surface area contributed by atoms with Crippen molar-refractivity contribution in [2.75, 3.05) is 7.05 Å². The highest BCUT2D eigenvalue weighted by Crippen LogP contribution is 1.91. The van der Waals surface area contributed by atoms with E-state index in [1.807, 2.05) is 7.05 Å². The summed E-state index contributed by atoms with van der Waals surface area (Å²) in [5.74, 6) is 2.59. The molecule has 0 aromatic heterocycles. The van der Waals surface area contributed by atoms with Gasteiger partial charge in [0.1, 0.15) is 0 Å². The summed E-state index contributed by atoms with van der Waals surface area (Å²) in [6.07, 6.45) is 7.01. The average Bonchev–Trinajstić information content (AvgIpc) is 1.83. The lowest BCUT2D eigenvalue weighted by Gasteiger charge is -2.05. The number of nitrogens with one attached hydrogen (secondary N) is 1. The summed E-state index contributed by atoms with van der Waals surface area (Å²) in [4.78, 5) is 0. The Labute approximate surface area is 51.5 Å². The molecule has 0 saturated heterocycles. The molecule has 0 aromatic rings. The summed E-state index contributed by atoms with van der Waals surface area (Å²) in [6, 6.07) is 0.561. The quantitative estimate of drug-likeness (QED) is 0.536. The van der Waals surface area contributed by atoms with E-state index in [-0.39, 0.29) is 0 Å². The van der Waals surface area contributed by atoms with Gasteiger partial charge in [0.05, 0.1) is 0 Å². The van der Waals surface area contributed by atoms with E-state index in [0.717, 1.165) is 12.8 Å².